The number of fused-ring (bicyclic) bond motifs is 3. The van der Waals surface area contributed by atoms with Crippen molar-refractivity contribution in [2.75, 3.05) is 0 Å². The second-order valence-electron chi connectivity index (χ2n) is 15.1. The van der Waals surface area contributed by atoms with Gasteiger partial charge in [0.15, 0.2) is 0 Å². The molecule has 4 aromatic carbocycles. The molecule has 3 heteroatoms. The fourth-order valence-corrected chi connectivity index (χ4v) is 17.1. The molecule has 0 amide bonds. The third-order valence-corrected chi connectivity index (χ3v) is 20.6. The van der Waals surface area contributed by atoms with Crippen LogP contribution in [0.4, 0.5) is 0 Å². The number of aryl methyl sites for hydroxylation is 2. The maximum absolute atomic E-state index is 5.66. The van der Waals surface area contributed by atoms with Crippen molar-refractivity contribution < 1.29 is 14.8 Å². The zero-order chi connectivity index (χ0) is 30.1. The van der Waals surface area contributed by atoms with Gasteiger partial charge in [-0.1, -0.05) is 0 Å². The average Bonchev–Trinajstić information content (AvgIpc) is 3.61. The fraction of sp³-hybridized carbons (Fsp3) is 0.293. The van der Waals surface area contributed by atoms with Crippen LogP contribution in [0.25, 0.3) is 11.1 Å². The minimum absolute atomic E-state index is 0. The van der Waals surface area contributed by atoms with Crippen molar-refractivity contribution in [2.45, 2.75) is 79.1 Å². The summed E-state index contributed by atoms with van der Waals surface area (Å²) in [5.41, 5.74) is 11.2. The van der Waals surface area contributed by atoms with Gasteiger partial charge in [0.05, 0.1) is 0 Å². The maximum atomic E-state index is 5.66. The van der Waals surface area contributed by atoms with Crippen LogP contribution in [0.15, 0.2) is 101 Å². The Morgan fingerprint density at radius 2 is 1.16 bits per heavy atom. The van der Waals surface area contributed by atoms with Crippen molar-refractivity contribution in [3.8, 4) is 11.1 Å². The van der Waals surface area contributed by atoms with E-state index in [1.54, 1.807) is 0 Å². The van der Waals surface area contributed by atoms with Crippen LogP contribution in [-0.4, -0.2) is 4.82 Å². The van der Waals surface area contributed by atoms with Gasteiger partial charge in [0.25, 0.3) is 0 Å². The normalized spacial score (nSPS) is 14.3. The molecular weight excluding hydrogens is 611 g/mol. The molecular formula is C41H48Cl2Ti. The molecule has 0 heterocycles. The van der Waals surface area contributed by atoms with Crippen molar-refractivity contribution in [1.29, 1.82) is 0 Å². The van der Waals surface area contributed by atoms with E-state index in [9.17, 15) is 0 Å². The molecule has 0 radical (unpaired) electrons. The van der Waals surface area contributed by atoms with E-state index in [4.69, 9.17) is 4.82 Å². The molecule has 0 saturated heterocycles. The van der Waals surface area contributed by atoms with E-state index in [2.05, 4.69) is 152 Å². The zero-order valence-corrected chi connectivity index (χ0v) is 30.9. The van der Waals surface area contributed by atoms with Gasteiger partial charge in [0, 0.05) is 0 Å². The monoisotopic (exact) mass is 658 g/mol. The molecule has 2 aliphatic carbocycles. The van der Waals surface area contributed by atoms with Crippen molar-refractivity contribution in [3.63, 3.8) is 0 Å². The number of halogens is 2. The Hall–Kier alpha value is -2.48. The molecule has 4 aromatic rings. The van der Waals surface area contributed by atoms with Gasteiger partial charge in [-0.15, -0.1) is 24.8 Å². The molecule has 0 fully saturated rings. The van der Waals surface area contributed by atoms with Crippen LogP contribution in [0.3, 0.4) is 0 Å². The first-order valence-electron chi connectivity index (χ1n) is 15.6. The number of allylic oxidation sites excluding steroid dienone is 4. The summed E-state index contributed by atoms with van der Waals surface area (Å²) in [5, 5.41) is 0. The molecule has 0 aromatic heterocycles. The first-order valence-corrected chi connectivity index (χ1v) is 19.8. The van der Waals surface area contributed by atoms with Crippen molar-refractivity contribution in [2.24, 2.45) is 0 Å². The Morgan fingerprint density at radius 3 is 1.64 bits per heavy atom. The quantitative estimate of drug-likeness (QED) is 0.169. The van der Waals surface area contributed by atoms with E-state index in [-0.39, 0.29) is 35.6 Å². The van der Waals surface area contributed by atoms with Crippen LogP contribution in [0.2, 0.25) is 0 Å². The van der Waals surface area contributed by atoms with E-state index in [1.165, 1.54) is 60.0 Å². The summed E-state index contributed by atoms with van der Waals surface area (Å²) in [4.78, 5) is 5.66. The Bertz CT molecular complexity index is 1790. The summed E-state index contributed by atoms with van der Waals surface area (Å²) < 4.78 is 5.84. The molecule has 0 spiro atoms. The molecule has 0 atom stereocenters. The van der Waals surface area contributed by atoms with Crippen molar-refractivity contribution in [1.82, 2.24) is 0 Å². The molecule has 230 valence electrons. The second kappa shape index (κ2) is 11.7. The Labute approximate surface area is 278 Å². The average molecular weight is 660 g/mol. The van der Waals surface area contributed by atoms with Crippen LogP contribution in [0.1, 0.15) is 81.3 Å². The van der Waals surface area contributed by atoms with E-state index >= 15 is 0 Å². The standard InChI is InChI=1S/C21H25.2C7H7.C5H5.CH2.2ClH.Ti/c1-20(2,3)16-9-7-14-11-15-8-10-17(21(4,5)6)13-19(15)18(14)12-16;2*1-7-5-3-2-4-6-7;1-2-4-5-3-1;;;;/h7,9-10,12-13H,11H2,1-6H3;2*3-6H,1H3;1-3H,4H2;1H2;2*1H;. The molecule has 0 unspecified atom stereocenters. The number of benzene rings is 4. The van der Waals surface area contributed by atoms with E-state index in [0.717, 1.165) is 12.8 Å². The Balaban J connectivity index is 0.00000221. The van der Waals surface area contributed by atoms with Gasteiger partial charge in [0.2, 0.25) is 0 Å². The minimum atomic E-state index is -4.42. The zero-order valence-electron chi connectivity index (χ0n) is 27.7. The summed E-state index contributed by atoms with van der Waals surface area (Å²) in [6, 6.07) is 31.2. The summed E-state index contributed by atoms with van der Waals surface area (Å²) in [7, 11) is 0. The predicted molar refractivity (Wildman–Crippen MR) is 197 cm³/mol. The SMILES string of the molecule is Cl.Cl.[CH2]=[Ti]([C]1=CC=CC1)([c]1ccc(C)cc1)([c]1ccc(C)cc1)[c]1cc(C(C)(C)C)cc2c1Cc1ccc(C(C)(C)C)cc1-2. The first-order chi connectivity index (χ1) is 19.7. The molecule has 0 nitrogen and oxygen atoms in total. The molecule has 0 saturated carbocycles. The number of hydrogen-bond acceptors (Lipinski definition) is 0. The van der Waals surface area contributed by atoms with Crippen LogP contribution in [-0.2, 0) is 32.1 Å². The Kier molecular flexibility index (Phi) is 9.16. The first kappa shape index (κ1) is 34.4. The van der Waals surface area contributed by atoms with Gasteiger partial charge < -0.3 is 0 Å². The number of rotatable bonds is 4. The molecule has 2 aliphatic rings. The summed E-state index contributed by atoms with van der Waals surface area (Å²) >= 11 is -4.42. The van der Waals surface area contributed by atoms with Gasteiger partial charge in [-0.05, 0) is 0 Å². The third-order valence-electron chi connectivity index (χ3n) is 10.2. The summed E-state index contributed by atoms with van der Waals surface area (Å²) in [6.07, 6.45) is 8.94. The topological polar surface area (TPSA) is 0 Å². The summed E-state index contributed by atoms with van der Waals surface area (Å²) in [6.45, 7) is 18.4. The Morgan fingerprint density at radius 1 is 0.636 bits per heavy atom. The van der Waals surface area contributed by atoms with Gasteiger partial charge in [0.1, 0.15) is 0 Å². The van der Waals surface area contributed by atoms with Crippen LogP contribution in [0.5, 0.6) is 0 Å². The molecule has 0 aliphatic heterocycles. The van der Waals surface area contributed by atoms with Crippen LogP contribution >= 0.6 is 24.8 Å². The third kappa shape index (κ3) is 5.27. The van der Waals surface area contributed by atoms with Gasteiger partial charge in [-0.2, -0.15) is 0 Å². The van der Waals surface area contributed by atoms with E-state index in [0.29, 0.717) is 0 Å². The second-order valence-corrected chi connectivity index (χ2v) is 23.3. The predicted octanol–water partition coefficient (Wildman–Crippen LogP) is 9.55. The summed E-state index contributed by atoms with van der Waals surface area (Å²) in [5.74, 6) is 0. The van der Waals surface area contributed by atoms with Gasteiger partial charge >= 0.3 is 256 Å². The van der Waals surface area contributed by atoms with Crippen molar-refractivity contribution >= 4 is 41.2 Å². The molecule has 0 N–H and O–H groups in total. The fourth-order valence-electron chi connectivity index (χ4n) is 7.39. The molecule has 6 rings (SSSR count). The van der Waals surface area contributed by atoms with E-state index in [1.807, 2.05) is 0 Å². The molecule has 0 bridgehead atoms. The van der Waals surface area contributed by atoms with Crippen molar-refractivity contribution in [3.05, 3.63) is 134 Å². The van der Waals surface area contributed by atoms with E-state index < -0.39 is 14.8 Å². The van der Waals surface area contributed by atoms with Crippen LogP contribution < -0.4 is 11.6 Å². The number of hydrogen-bond donors (Lipinski definition) is 0. The van der Waals surface area contributed by atoms with Crippen LogP contribution in [0, 0.1) is 13.8 Å². The van der Waals surface area contributed by atoms with Gasteiger partial charge in [-0.3, -0.25) is 0 Å². The molecule has 44 heavy (non-hydrogen) atoms. The van der Waals surface area contributed by atoms with Gasteiger partial charge in [-0.25, -0.2) is 0 Å².